The topological polar surface area (TPSA) is 108 Å². The summed E-state index contributed by atoms with van der Waals surface area (Å²) in [5.74, 6) is 0.493. The lowest BCUT2D eigenvalue weighted by molar-refractivity contribution is -0.385. The Bertz CT molecular complexity index is 1160. The number of ether oxygens (including phenoxy) is 2. The van der Waals surface area contributed by atoms with Crippen LogP contribution in [0.4, 0.5) is 10.1 Å². The highest BCUT2D eigenvalue weighted by atomic mass is 32.1. The lowest BCUT2D eigenvalue weighted by Crippen LogP contribution is -2.04. The normalized spacial score (nSPS) is 11.1. The van der Waals surface area contributed by atoms with Gasteiger partial charge >= 0.3 is 5.69 Å². The monoisotopic (exact) mass is 445 g/mol. The van der Waals surface area contributed by atoms with Crippen LogP contribution in [0.25, 0.3) is 0 Å². The number of nitro groups is 1. The molecule has 31 heavy (non-hydrogen) atoms. The maximum absolute atomic E-state index is 13.1. The van der Waals surface area contributed by atoms with Crippen molar-refractivity contribution in [1.82, 2.24) is 14.9 Å². The van der Waals surface area contributed by atoms with Crippen molar-refractivity contribution in [2.75, 3.05) is 13.2 Å². The number of aromatic nitrogens is 3. The third kappa shape index (κ3) is 5.31. The van der Waals surface area contributed by atoms with E-state index in [0.717, 1.165) is 5.56 Å². The Hall–Kier alpha value is -3.60. The van der Waals surface area contributed by atoms with Crippen molar-refractivity contribution in [3.8, 4) is 11.5 Å². The summed E-state index contributed by atoms with van der Waals surface area (Å²) in [5, 5.41) is 22.7. The van der Waals surface area contributed by atoms with Crippen LogP contribution >= 0.6 is 12.2 Å². The number of H-pyrrole nitrogens is 1. The zero-order chi connectivity index (χ0) is 22.4. The average Bonchev–Trinajstić information content (AvgIpc) is 3.09. The lowest BCUT2D eigenvalue weighted by atomic mass is 10.1. The van der Waals surface area contributed by atoms with Gasteiger partial charge in [0, 0.05) is 18.1 Å². The molecular weight excluding hydrogens is 425 g/mol. The Labute approximate surface area is 182 Å². The molecule has 0 aliphatic rings. The minimum absolute atomic E-state index is 0.0726. The molecular formula is C20H20FN5O4S. The fourth-order valence-electron chi connectivity index (χ4n) is 2.84. The van der Waals surface area contributed by atoms with Gasteiger partial charge in [-0.05, 0) is 49.8 Å². The maximum Gasteiger partial charge on any atom is 0.315 e. The van der Waals surface area contributed by atoms with Gasteiger partial charge in [0.15, 0.2) is 11.6 Å². The predicted molar refractivity (Wildman–Crippen MR) is 115 cm³/mol. The first-order chi connectivity index (χ1) is 14.9. The van der Waals surface area contributed by atoms with Crippen molar-refractivity contribution in [1.29, 1.82) is 0 Å². The van der Waals surface area contributed by atoms with Gasteiger partial charge in [0.05, 0.1) is 24.4 Å². The van der Waals surface area contributed by atoms with Gasteiger partial charge in [0.25, 0.3) is 0 Å². The van der Waals surface area contributed by atoms with Crippen molar-refractivity contribution in [2.45, 2.75) is 20.3 Å². The van der Waals surface area contributed by atoms with E-state index in [4.69, 9.17) is 21.7 Å². The smallest absolute Gasteiger partial charge is 0.315 e. The van der Waals surface area contributed by atoms with Crippen LogP contribution in [0, 0.1) is 20.7 Å². The Kier molecular flexibility index (Phi) is 7.08. The van der Waals surface area contributed by atoms with Crippen LogP contribution in [-0.2, 0) is 6.42 Å². The van der Waals surface area contributed by atoms with Crippen molar-refractivity contribution < 1.29 is 18.8 Å². The van der Waals surface area contributed by atoms with Gasteiger partial charge in [-0.15, -0.1) is 0 Å². The summed E-state index contributed by atoms with van der Waals surface area (Å²) in [6.45, 7) is 4.07. The minimum atomic E-state index is -0.533. The standard InChI is InChI=1S/C20H20FN5O4S/c1-3-29-17-10-14(9-16(26(27)28)19(17)30-4-2)12-22-25-18(23-24-20(25)31)11-13-5-7-15(21)8-6-13/h5-10,12H,3-4,11H2,1-2H3,(H,24,31)/b22-12-. The molecule has 11 heteroatoms. The van der Waals surface area contributed by atoms with Crippen molar-refractivity contribution in [2.24, 2.45) is 5.10 Å². The summed E-state index contributed by atoms with van der Waals surface area (Å²) in [5.41, 5.74) is 1.02. The summed E-state index contributed by atoms with van der Waals surface area (Å²) in [7, 11) is 0. The number of hydrogen-bond acceptors (Lipinski definition) is 7. The highest BCUT2D eigenvalue weighted by molar-refractivity contribution is 7.71. The number of nitro benzene ring substituents is 1. The Balaban J connectivity index is 1.96. The molecule has 3 aromatic rings. The van der Waals surface area contributed by atoms with E-state index < -0.39 is 4.92 Å². The zero-order valence-electron chi connectivity index (χ0n) is 16.9. The second kappa shape index (κ2) is 9.94. The Morgan fingerprint density at radius 2 is 1.97 bits per heavy atom. The van der Waals surface area contributed by atoms with Gasteiger partial charge in [-0.1, -0.05) is 12.1 Å². The first kappa shape index (κ1) is 22.1. The Morgan fingerprint density at radius 3 is 2.61 bits per heavy atom. The van der Waals surface area contributed by atoms with E-state index in [-0.39, 0.29) is 34.4 Å². The second-order valence-electron chi connectivity index (χ2n) is 6.30. The van der Waals surface area contributed by atoms with Gasteiger partial charge in [0.1, 0.15) is 5.82 Å². The molecule has 0 spiro atoms. The van der Waals surface area contributed by atoms with E-state index in [1.54, 1.807) is 32.0 Å². The average molecular weight is 445 g/mol. The van der Waals surface area contributed by atoms with E-state index in [9.17, 15) is 14.5 Å². The fourth-order valence-corrected chi connectivity index (χ4v) is 3.04. The molecule has 0 amide bonds. The molecule has 0 saturated carbocycles. The largest absolute Gasteiger partial charge is 0.490 e. The molecule has 0 saturated heterocycles. The molecule has 0 unspecified atom stereocenters. The SMILES string of the molecule is CCOc1cc(/C=N\n2c(Cc3ccc(F)cc3)n[nH]c2=S)cc([N+](=O)[O-])c1OCC. The lowest BCUT2D eigenvalue weighted by Gasteiger charge is -2.11. The molecule has 1 N–H and O–H groups in total. The van der Waals surface area contributed by atoms with Crippen molar-refractivity contribution in [3.05, 3.63) is 74.1 Å². The van der Waals surface area contributed by atoms with E-state index in [2.05, 4.69) is 15.3 Å². The molecule has 0 aliphatic heterocycles. The molecule has 1 aromatic heterocycles. The number of halogens is 1. The van der Waals surface area contributed by atoms with Crippen LogP contribution in [0.2, 0.25) is 0 Å². The first-order valence-electron chi connectivity index (χ1n) is 9.46. The van der Waals surface area contributed by atoms with Crippen molar-refractivity contribution in [3.63, 3.8) is 0 Å². The zero-order valence-corrected chi connectivity index (χ0v) is 17.7. The molecule has 9 nitrogen and oxygen atoms in total. The van der Waals surface area contributed by atoms with Gasteiger partial charge in [-0.2, -0.15) is 14.9 Å². The molecule has 0 bridgehead atoms. The molecule has 1 heterocycles. The quantitative estimate of drug-likeness (QED) is 0.228. The van der Waals surface area contributed by atoms with Crippen LogP contribution in [0.15, 0.2) is 41.5 Å². The summed E-state index contributed by atoms with van der Waals surface area (Å²) >= 11 is 5.23. The van der Waals surface area contributed by atoms with E-state index in [1.165, 1.54) is 29.1 Å². The van der Waals surface area contributed by atoms with E-state index in [0.29, 0.717) is 24.4 Å². The highest BCUT2D eigenvalue weighted by Gasteiger charge is 2.22. The molecule has 0 atom stereocenters. The fraction of sp³-hybridized carbons (Fsp3) is 0.250. The van der Waals surface area contributed by atoms with Crippen LogP contribution in [-0.4, -0.2) is 39.2 Å². The summed E-state index contributed by atoms with van der Waals surface area (Å²) in [4.78, 5) is 11.0. The van der Waals surface area contributed by atoms with Crippen LogP contribution in [0.3, 0.4) is 0 Å². The molecule has 2 aromatic carbocycles. The maximum atomic E-state index is 13.1. The first-order valence-corrected chi connectivity index (χ1v) is 9.86. The number of aromatic amines is 1. The molecule has 0 radical (unpaired) electrons. The second-order valence-corrected chi connectivity index (χ2v) is 6.68. The number of rotatable bonds is 9. The molecule has 0 fully saturated rings. The summed E-state index contributed by atoms with van der Waals surface area (Å²) < 4.78 is 25.7. The van der Waals surface area contributed by atoms with E-state index in [1.807, 2.05) is 0 Å². The van der Waals surface area contributed by atoms with Gasteiger partial charge in [-0.3, -0.25) is 15.2 Å². The number of nitrogens with one attached hydrogen (secondary N) is 1. The van der Waals surface area contributed by atoms with Crippen LogP contribution in [0.1, 0.15) is 30.8 Å². The van der Waals surface area contributed by atoms with Gasteiger partial charge < -0.3 is 9.47 Å². The number of nitrogens with zero attached hydrogens (tertiary/aromatic N) is 4. The third-order valence-electron chi connectivity index (χ3n) is 4.16. The molecule has 162 valence electrons. The third-order valence-corrected chi connectivity index (χ3v) is 4.42. The van der Waals surface area contributed by atoms with Gasteiger partial charge in [0.2, 0.25) is 10.5 Å². The molecule has 0 aliphatic carbocycles. The Morgan fingerprint density at radius 1 is 1.26 bits per heavy atom. The van der Waals surface area contributed by atoms with Crippen LogP contribution < -0.4 is 9.47 Å². The number of benzene rings is 2. The molecule has 3 rings (SSSR count). The summed E-state index contributed by atoms with van der Waals surface area (Å²) in [6.07, 6.45) is 1.78. The van der Waals surface area contributed by atoms with E-state index >= 15 is 0 Å². The van der Waals surface area contributed by atoms with Gasteiger partial charge in [-0.25, -0.2) is 4.39 Å². The predicted octanol–water partition coefficient (Wildman–Crippen LogP) is 4.26. The minimum Gasteiger partial charge on any atom is -0.490 e. The summed E-state index contributed by atoms with van der Waals surface area (Å²) in [6, 6.07) is 8.96. The number of hydrogen-bond donors (Lipinski definition) is 1. The highest BCUT2D eigenvalue weighted by Crippen LogP contribution is 2.38. The van der Waals surface area contributed by atoms with Crippen LogP contribution in [0.5, 0.6) is 11.5 Å². The van der Waals surface area contributed by atoms with Crippen molar-refractivity contribution >= 4 is 24.1 Å².